The van der Waals surface area contributed by atoms with Gasteiger partial charge in [0.05, 0.1) is 12.5 Å². The van der Waals surface area contributed by atoms with E-state index in [1.165, 1.54) is 0 Å². The molecule has 0 rings (SSSR count). The van der Waals surface area contributed by atoms with Gasteiger partial charge in [-0.2, -0.15) is 0 Å². The largest absolute Gasteiger partial charge is 0.463 e. The molecule has 0 fully saturated rings. The summed E-state index contributed by atoms with van der Waals surface area (Å²) in [5, 5.41) is 2.62. The van der Waals surface area contributed by atoms with E-state index in [2.05, 4.69) is 11.9 Å². The van der Waals surface area contributed by atoms with Gasteiger partial charge in [-0.05, 0) is 20.8 Å². The summed E-state index contributed by atoms with van der Waals surface area (Å²) < 4.78 is 4.73. The molecule has 1 unspecified atom stereocenters. The Morgan fingerprint density at radius 3 is 2.43 bits per heavy atom. The molecule has 0 saturated heterocycles. The molecule has 0 aliphatic rings. The van der Waals surface area contributed by atoms with Crippen LogP contribution in [0.1, 0.15) is 20.8 Å². The molecule has 0 aliphatic heterocycles. The Hall–Kier alpha value is -1.32. The fourth-order valence-electron chi connectivity index (χ4n) is 0.886. The van der Waals surface area contributed by atoms with E-state index >= 15 is 0 Å². The van der Waals surface area contributed by atoms with Crippen molar-refractivity contribution < 1.29 is 14.3 Å². The summed E-state index contributed by atoms with van der Waals surface area (Å²) in [6.07, 6.45) is 0. The number of ether oxygens (including phenoxy) is 1. The highest BCUT2D eigenvalue weighted by Gasteiger charge is 2.21. The van der Waals surface area contributed by atoms with Gasteiger partial charge in [-0.3, -0.25) is 4.79 Å². The molecule has 1 atom stereocenters. The van der Waals surface area contributed by atoms with Crippen molar-refractivity contribution in [3.63, 3.8) is 0 Å². The number of amides is 1. The average Bonchev–Trinajstić information content (AvgIpc) is 2.16. The number of esters is 1. The Labute approximate surface area is 84.3 Å². The number of hydrogen-bond acceptors (Lipinski definition) is 3. The Morgan fingerprint density at radius 2 is 2.00 bits per heavy atom. The zero-order valence-electron chi connectivity index (χ0n) is 8.92. The van der Waals surface area contributed by atoms with Gasteiger partial charge in [0.2, 0.25) is 5.91 Å². The summed E-state index contributed by atoms with van der Waals surface area (Å²) in [4.78, 5) is 22.5. The van der Waals surface area contributed by atoms with Crippen molar-refractivity contribution in [1.29, 1.82) is 0 Å². The van der Waals surface area contributed by atoms with Crippen molar-refractivity contribution in [1.82, 2.24) is 5.32 Å². The van der Waals surface area contributed by atoms with Crippen LogP contribution in [-0.2, 0) is 14.3 Å². The molecular weight excluding hydrogens is 182 g/mol. The van der Waals surface area contributed by atoms with E-state index < -0.39 is 11.9 Å². The second-order valence-corrected chi connectivity index (χ2v) is 2.86. The van der Waals surface area contributed by atoms with Gasteiger partial charge < -0.3 is 10.1 Å². The van der Waals surface area contributed by atoms with Gasteiger partial charge in [0.1, 0.15) is 0 Å². The molecule has 0 heterocycles. The van der Waals surface area contributed by atoms with Crippen LogP contribution in [0.25, 0.3) is 0 Å². The van der Waals surface area contributed by atoms with Crippen molar-refractivity contribution in [3.05, 3.63) is 12.2 Å². The van der Waals surface area contributed by atoms with Gasteiger partial charge in [-0.1, -0.05) is 6.58 Å². The summed E-state index contributed by atoms with van der Waals surface area (Å²) in [5.41, 5.74) is 0.192. The quantitative estimate of drug-likeness (QED) is 0.528. The molecule has 0 bridgehead atoms. The van der Waals surface area contributed by atoms with E-state index in [1.54, 1.807) is 13.8 Å². The van der Waals surface area contributed by atoms with Gasteiger partial charge in [0.25, 0.3) is 0 Å². The molecule has 1 N–H and O–H groups in total. The standard InChI is InChI=1S/C10H17NO3/c1-5-11-9(12)7(3)8(4)10(13)14-6-2/h7H,4-6H2,1-3H3,(H,11,12). The highest BCUT2D eigenvalue weighted by atomic mass is 16.5. The molecule has 80 valence electrons. The highest BCUT2D eigenvalue weighted by molar-refractivity contribution is 5.96. The number of carbonyl (C=O) groups is 2. The van der Waals surface area contributed by atoms with Crippen LogP contribution in [0, 0.1) is 5.92 Å². The molecule has 4 nitrogen and oxygen atoms in total. The highest BCUT2D eigenvalue weighted by Crippen LogP contribution is 2.09. The van der Waals surface area contributed by atoms with Gasteiger partial charge in [-0.25, -0.2) is 4.79 Å². The number of nitrogens with one attached hydrogen (secondary N) is 1. The third-order valence-electron chi connectivity index (χ3n) is 1.80. The molecule has 0 aromatic rings. The van der Waals surface area contributed by atoms with Crippen LogP contribution in [0.4, 0.5) is 0 Å². The summed E-state index contributed by atoms with van der Waals surface area (Å²) in [6.45, 7) is 9.53. The molecule has 4 heteroatoms. The summed E-state index contributed by atoms with van der Waals surface area (Å²) >= 11 is 0. The molecule has 0 aliphatic carbocycles. The van der Waals surface area contributed by atoms with Crippen LogP contribution in [0.3, 0.4) is 0 Å². The first-order valence-corrected chi connectivity index (χ1v) is 4.68. The predicted molar refractivity (Wildman–Crippen MR) is 53.6 cm³/mol. The van der Waals surface area contributed by atoms with E-state index in [0.29, 0.717) is 13.2 Å². The Bertz CT molecular complexity index is 236. The van der Waals surface area contributed by atoms with Gasteiger partial charge in [0.15, 0.2) is 0 Å². The zero-order valence-corrected chi connectivity index (χ0v) is 8.92. The van der Waals surface area contributed by atoms with Crippen molar-refractivity contribution in [2.75, 3.05) is 13.2 Å². The van der Waals surface area contributed by atoms with Crippen LogP contribution in [-0.4, -0.2) is 25.0 Å². The maximum Gasteiger partial charge on any atom is 0.334 e. The lowest BCUT2D eigenvalue weighted by atomic mass is 10.0. The third-order valence-corrected chi connectivity index (χ3v) is 1.80. The first kappa shape index (κ1) is 12.7. The van der Waals surface area contributed by atoms with Crippen LogP contribution in [0.5, 0.6) is 0 Å². The lowest BCUT2D eigenvalue weighted by molar-refractivity contribution is -0.140. The minimum atomic E-state index is -0.533. The summed E-state index contributed by atoms with van der Waals surface area (Å²) in [6, 6.07) is 0. The van der Waals surface area contributed by atoms with E-state index in [0.717, 1.165) is 0 Å². The molecule has 0 aromatic heterocycles. The molecule has 0 saturated carbocycles. The number of hydrogen-bond donors (Lipinski definition) is 1. The molecule has 14 heavy (non-hydrogen) atoms. The molecule has 0 spiro atoms. The first-order valence-electron chi connectivity index (χ1n) is 4.68. The van der Waals surface area contributed by atoms with Crippen LogP contribution >= 0.6 is 0 Å². The smallest absolute Gasteiger partial charge is 0.334 e. The van der Waals surface area contributed by atoms with Crippen molar-refractivity contribution in [3.8, 4) is 0 Å². The van der Waals surface area contributed by atoms with Gasteiger partial charge in [0, 0.05) is 12.1 Å². The second kappa shape index (κ2) is 6.18. The summed E-state index contributed by atoms with van der Waals surface area (Å²) in [5.74, 6) is -1.24. The topological polar surface area (TPSA) is 55.4 Å². The minimum Gasteiger partial charge on any atom is -0.463 e. The fourth-order valence-corrected chi connectivity index (χ4v) is 0.886. The lowest BCUT2D eigenvalue weighted by Gasteiger charge is -2.12. The van der Waals surface area contributed by atoms with Crippen LogP contribution < -0.4 is 5.32 Å². The SMILES string of the molecule is C=C(C(=O)OCC)C(C)C(=O)NCC. The fraction of sp³-hybridized carbons (Fsp3) is 0.600. The summed E-state index contributed by atoms with van der Waals surface area (Å²) in [7, 11) is 0. The monoisotopic (exact) mass is 199 g/mol. The maximum atomic E-state index is 11.3. The number of carbonyl (C=O) groups excluding carboxylic acids is 2. The minimum absolute atomic E-state index is 0.192. The maximum absolute atomic E-state index is 11.3. The molecule has 1 amide bonds. The van der Waals surface area contributed by atoms with Crippen LogP contribution in [0.15, 0.2) is 12.2 Å². The van der Waals surface area contributed by atoms with Gasteiger partial charge >= 0.3 is 5.97 Å². The Kier molecular flexibility index (Phi) is 5.60. The molecule has 0 radical (unpaired) electrons. The Morgan fingerprint density at radius 1 is 1.43 bits per heavy atom. The van der Waals surface area contributed by atoms with Crippen molar-refractivity contribution >= 4 is 11.9 Å². The van der Waals surface area contributed by atoms with Crippen molar-refractivity contribution in [2.24, 2.45) is 5.92 Å². The Balaban J connectivity index is 4.24. The third kappa shape index (κ3) is 3.60. The van der Waals surface area contributed by atoms with E-state index in [1.807, 2.05) is 6.92 Å². The lowest BCUT2D eigenvalue weighted by Crippen LogP contribution is -2.31. The van der Waals surface area contributed by atoms with Crippen LogP contribution in [0.2, 0.25) is 0 Å². The zero-order chi connectivity index (χ0) is 11.1. The van der Waals surface area contributed by atoms with Gasteiger partial charge in [-0.15, -0.1) is 0 Å². The molecular formula is C10H17NO3. The second-order valence-electron chi connectivity index (χ2n) is 2.86. The van der Waals surface area contributed by atoms with E-state index in [4.69, 9.17) is 4.74 Å². The predicted octanol–water partition coefficient (Wildman–Crippen LogP) is 0.878. The van der Waals surface area contributed by atoms with Crippen molar-refractivity contribution in [2.45, 2.75) is 20.8 Å². The number of rotatable bonds is 5. The normalized spacial score (nSPS) is 11.6. The average molecular weight is 199 g/mol. The van der Waals surface area contributed by atoms with E-state index in [-0.39, 0.29) is 11.5 Å². The molecule has 0 aromatic carbocycles. The first-order chi connectivity index (χ1) is 6.54. The van der Waals surface area contributed by atoms with E-state index in [9.17, 15) is 9.59 Å².